The van der Waals surface area contributed by atoms with Crippen LogP contribution in [-0.4, -0.2) is 70.2 Å². The summed E-state index contributed by atoms with van der Waals surface area (Å²) in [6, 6.07) is 10.7. The fourth-order valence-corrected chi connectivity index (χ4v) is 6.00. The lowest BCUT2D eigenvalue weighted by Gasteiger charge is -2.57. The number of halogens is 2. The number of carbonyl (C=O) groups excluding carboxylic acids is 3. The summed E-state index contributed by atoms with van der Waals surface area (Å²) in [4.78, 5) is 45.8. The van der Waals surface area contributed by atoms with E-state index in [2.05, 4.69) is 0 Å². The van der Waals surface area contributed by atoms with Crippen LogP contribution in [0.2, 0.25) is 0 Å². The molecule has 1 atom stereocenters. The highest BCUT2D eigenvalue weighted by Crippen LogP contribution is 2.49. The van der Waals surface area contributed by atoms with Gasteiger partial charge in [-0.05, 0) is 56.9 Å². The highest BCUT2D eigenvalue weighted by molar-refractivity contribution is 6.02. The molecule has 1 unspecified atom stereocenters. The Morgan fingerprint density at radius 3 is 2.26 bits per heavy atom. The zero-order valence-electron chi connectivity index (χ0n) is 20.0. The molecule has 2 fully saturated rings. The minimum atomic E-state index is -1.16. The molecule has 0 radical (unpaired) electrons. The minimum absolute atomic E-state index is 0.0119. The van der Waals surface area contributed by atoms with Gasteiger partial charge in [0.05, 0.1) is 17.0 Å². The van der Waals surface area contributed by atoms with Gasteiger partial charge in [-0.25, -0.2) is 8.78 Å². The number of amides is 3. The van der Waals surface area contributed by atoms with E-state index in [0.29, 0.717) is 31.5 Å². The molecule has 0 saturated carbocycles. The quantitative estimate of drug-likeness (QED) is 0.670. The molecule has 35 heavy (non-hydrogen) atoms. The second kappa shape index (κ2) is 8.73. The van der Waals surface area contributed by atoms with Crippen LogP contribution >= 0.6 is 0 Å². The molecule has 3 amide bonds. The van der Waals surface area contributed by atoms with Crippen molar-refractivity contribution >= 4 is 17.7 Å². The highest BCUT2D eigenvalue weighted by atomic mass is 19.2. The van der Waals surface area contributed by atoms with Crippen LogP contribution in [0.4, 0.5) is 8.78 Å². The molecular weight excluding hydrogens is 452 g/mol. The summed E-state index contributed by atoms with van der Waals surface area (Å²) in [6.45, 7) is 5.75. The van der Waals surface area contributed by atoms with Crippen LogP contribution < -0.4 is 0 Å². The third-order valence-electron chi connectivity index (χ3n) is 7.77. The molecule has 0 N–H and O–H groups in total. The molecule has 184 valence electrons. The molecule has 0 aliphatic carbocycles. The lowest BCUT2D eigenvalue weighted by atomic mass is 9.66. The summed E-state index contributed by atoms with van der Waals surface area (Å²) >= 11 is 0. The van der Waals surface area contributed by atoms with Gasteiger partial charge in [-0.2, -0.15) is 0 Å². The summed E-state index contributed by atoms with van der Waals surface area (Å²) < 4.78 is 28.1. The monoisotopic (exact) mass is 481 g/mol. The number of hydrogen-bond acceptors (Lipinski definition) is 3. The average molecular weight is 482 g/mol. The van der Waals surface area contributed by atoms with Gasteiger partial charge < -0.3 is 14.7 Å². The van der Waals surface area contributed by atoms with Crippen LogP contribution in [0.1, 0.15) is 65.3 Å². The smallest absolute Gasteiger partial charge is 0.256 e. The number of benzene rings is 2. The molecular formula is C27H29F2N3O3. The zero-order valence-corrected chi connectivity index (χ0v) is 20.0. The number of nitrogens with zero attached hydrogens (tertiary/aromatic N) is 3. The molecule has 2 aromatic rings. The minimum Gasteiger partial charge on any atom is -0.342 e. The van der Waals surface area contributed by atoms with E-state index < -0.39 is 29.0 Å². The van der Waals surface area contributed by atoms with Crippen molar-refractivity contribution in [1.29, 1.82) is 0 Å². The zero-order chi connectivity index (χ0) is 24.9. The molecule has 3 aliphatic heterocycles. The first kappa shape index (κ1) is 23.5. The van der Waals surface area contributed by atoms with Gasteiger partial charge in [0.1, 0.15) is 0 Å². The first-order valence-electron chi connectivity index (χ1n) is 12.2. The summed E-state index contributed by atoms with van der Waals surface area (Å²) in [7, 11) is 0. The van der Waals surface area contributed by atoms with Crippen molar-refractivity contribution in [2.75, 3.05) is 26.2 Å². The number of rotatable bonds is 3. The number of fused-ring (bicyclic) bond motifs is 1. The van der Waals surface area contributed by atoms with Gasteiger partial charge in [0.15, 0.2) is 11.6 Å². The molecule has 3 aliphatic rings. The SMILES string of the molecule is CC(C)N1C(=O)c2ccccc2C(C(=O)N2CCC2)C12CCN(C(=O)c1cccc(F)c1F)CC2. The van der Waals surface area contributed by atoms with Crippen molar-refractivity contribution in [3.05, 3.63) is 70.8 Å². The first-order chi connectivity index (χ1) is 16.8. The third kappa shape index (κ3) is 3.61. The van der Waals surface area contributed by atoms with E-state index in [9.17, 15) is 23.2 Å². The van der Waals surface area contributed by atoms with Gasteiger partial charge in [-0.15, -0.1) is 0 Å². The number of hydrogen-bond donors (Lipinski definition) is 0. The molecule has 0 bridgehead atoms. The Morgan fingerprint density at radius 2 is 1.63 bits per heavy atom. The molecule has 2 saturated heterocycles. The number of likely N-dealkylation sites (tertiary alicyclic amines) is 2. The van der Waals surface area contributed by atoms with Crippen LogP contribution in [-0.2, 0) is 4.79 Å². The summed E-state index contributed by atoms with van der Waals surface area (Å²) in [6.07, 6.45) is 1.71. The van der Waals surface area contributed by atoms with E-state index in [-0.39, 0.29) is 36.5 Å². The molecule has 5 rings (SSSR count). The second-order valence-corrected chi connectivity index (χ2v) is 9.97. The molecule has 3 heterocycles. The van der Waals surface area contributed by atoms with Crippen molar-refractivity contribution in [3.63, 3.8) is 0 Å². The van der Waals surface area contributed by atoms with E-state index >= 15 is 0 Å². The Balaban J connectivity index is 1.53. The maximum absolute atomic E-state index is 14.3. The number of piperidine rings is 1. The van der Waals surface area contributed by atoms with Crippen LogP contribution in [0, 0.1) is 11.6 Å². The summed E-state index contributed by atoms with van der Waals surface area (Å²) in [5, 5.41) is 0. The van der Waals surface area contributed by atoms with Crippen molar-refractivity contribution < 1.29 is 23.2 Å². The molecule has 1 spiro atoms. The molecule has 8 heteroatoms. The van der Waals surface area contributed by atoms with Crippen LogP contribution in [0.5, 0.6) is 0 Å². The lowest BCUT2D eigenvalue weighted by Crippen LogP contribution is -2.68. The van der Waals surface area contributed by atoms with Gasteiger partial charge >= 0.3 is 0 Å². The van der Waals surface area contributed by atoms with Crippen molar-refractivity contribution in [1.82, 2.24) is 14.7 Å². The molecule has 6 nitrogen and oxygen atoms in total. The van der Waals surface area contributed by atoms with Gasteiger partial charge in [-0.3, -0.25) is 14.4 Å². The van der Waals surface area contributed by atoms with E-state index in [0.717, 1.165) is 18.1 Å². The summed E-state index contributed by atoms with van der Waals surface area (Å²) in [5.74, 6) is -3.44. The maximum atomic E-state index is 14.3. The van der Waals surface area contributed by atoms with Crippen molar-refractivity contribution in [2.24, 2.45) is 0 Å². The Hall–Kier alpha value is -3.29. The Labute approximate surface area is 203 Å². The van der Waals surface area contributed by atoms with E-state index in [1.807, 2.05) is 41.8 Å². The lowest BCUT2D eigenvalue weighted by molar-refractivity contribution is -0.142. The largest absolute Gasteiger partial charge is 0.342 e. The molecule has 2 aromatic carbocycles. The average Bonchev–Trinajstić information content (AvgIpc) is 2.80. The van der Waals surface area contributed by atoms with Gasteiger partial charge in [-0.1, -0.05) is 24.3 Å². The standard InChI is InChI=1S/C27H29F2N3O3/c1-17(2)32-25(34)19-8-4-3-7-18(19)22(26(35)30-13-6-14-30)27(32)11-15-31(16-12-27)24(33)20-9-5-10-21(28)23(20)29/h3-5,7-10,17,22H,6,11-16H2,1-2H3. The Morgan fingerprint density at radius 1 is 0.943 bits per heavy atom. The predicted octanol–water partition coefficient (Wildman–Crippen LogP) is 3.82. The van der Waals surface area contributed by atoms with Gasteiger partial charge in [0, 0.05) is 37.8 Å². The van der Waals surface area contributed by atoms with Crippen molar-refractivity contribution in [3.8, 4) is 0 Å². The van der Waals surface area contributed by atoms with Crippen LogP contribution in [0.3, 0.4) is 0 Å². The summed E-state index contributed by atoms with van der Waals surface area (Å²) in [5.41, 5.74) is 0.178. The van der Waals surface area contributed by atoms with E-state index in [1.54, 1.807) is 6.07 Å². The van der Waals surface area contributed by atoms with Crippen LogP contribution in [0.15, 0.2) is 42.5 Å². The van der Waals surface area contributed by atoms with E-state index in [1.165, 1.54) is 17.0 Å². The van der Waals surface area contributed by atoms with Gasteiger partial charge in [0.2, 0.25) is 5.91 Å². The Kier molecular flexibility index (Phi) is 5.85. The highest BCUT2D eigenvalue weighted by Gasteiger charge is 2.57. The van der Waals surface area contributed by atoms with Crippen molar-refractivity contribution in [2.45, 2.75) is 50.6 Å². The Bertz CT molecular complexity index is 1190. The second-order valence-electron chi connectivity index (χ2n) is 9.97. The van der Waals surface area contributed by atoms with Gasteiger partial charge in [0.25, 0.3) is 11.8 Å². The molecule has 0 aromatic heterocycles. The maximum Gasteiger partial charge on any atom is 0.256 e. The third-order valence-corrected chi connectivity index (χ3v) is 7.77. The normalized spacial score (nSPS) is 21.2. The predicted molar refractivity (Wildman–Crippen MR) is 126 cm³/mol. The fraction of sp³-hybridized carbons (Fsp3) is 0.444. The topological polar surface area (TPSA) is 60.9 Å². The first-order valence-corrected chi connectivity index (χ1v) is 12.2. The van der Waals surface area contributed by atoms with E-state index in [4.69, 9.17) is 0 Å². The number of carbonyl (C=O) groups is 3. The van der Waals surface area contributed by atoms with Crippen LogP contribution in [0.25, 0.3) is 0 Å². The fourth-order valence-electron chi connectivity index (χ4n) is 6.00.